The number of quaternary nitrogens is 1. The molecule has 1 aromatic heterocycles. The van der Waals surface area contributed by atoms with Gasteiger partial charge < -0.3 is 29.6 Å². The van der Waals surface area contributed by atoms with Gasteiger partial charge in [-0.3, -0.25) is 4.79 Å². The SMILES string of the molecule is COc1ccc(-c2cc([C@H]3C[NH+]4CC[C@H]3C[C@@H]4CNC(=O)CCCC(=O)[O-])nc(C)n2)cc1OC. The van der Waals surface area contributed by atoms with Gasteiger partial charge in [-0.05, 0) is 49.9 Å². The molecule has 0 spiro atoms. The van der Waals surface area contributed by atoms with Crippen molar-refractivity contribution in [3.63, 3.8) is 0 Å². The van der Waals surface area contributed by atoms with Gasteiger partial charge in [0.05, 0.1) is 51.2 Å². The minimum Gasteiger partial charge on any atom is -0.550 e. The third-order valence-corrected chi connectivity index (χ3v) is 7.30. The van der Waals surface area contributed by atoms with Gasteiger partial charge in [-0.15, -0.1) is 0 Å². The van der Waals surface area contributed by atoms with Crippen LogP contribution in [0.4, 0.5) is 0 Å². The Morgan fingerprint density at radius 2 is 1.94 bits per heavy atom. The molecule has 3 aliphatic heterocycles. The van der Waals surface area contributed by atoms with E-state index in [-0.39, 0.29) is 18.7 Å². The van der Waals surface area contributed by atoms with Gasteiger partial charge in [0.15, 0.2) is 11.5 Å². The quantitative estimate of drug-likeness (QED) is 0.499. The van der Waals surface area contributed by atoms with E-state index < -0.39 is 5.97 Å². The standard InChI is InChI=1S/C26H34N4O5/c1-16-28-21(18-7-8-23(34-2)24(12-18)35-3)13-22(29-16)20-15-30-10-9-17(20)11-19(30)14-27-25(31)5-4-6-26(32)33/h7-8,12-13,17,19-20H,4-6,9-11,14-15H2,1-3H3,(H,27,31)(H,32,33)/t17-,19+,20-/m0/s1. The third-order valence-electron chi connectivity index (χ3n) is 7.30. The van der Waals surface area contributed by atoms with Gasteiger partial charge in [-0.1, -0.05) is 0 Å². The lowest BCUT2D eigenvalue weighted by Crippen LogP contribution is -3.20. The van der Waals surface area contributed by atoms with E-state index in [0.29, 0.717) is 42.3 Å². The smallest absolute Gasteiger partial charge is 0.220 e. The van der Waals surface area contributed by atoms with Crippen molar-refractivity contribution in [1.29, 1.82) is 0 Å². The first kappa shape index (κ1) is 24.9. The fourth-order valence-corrected chi connectivity index (χ4v) is 5.52. The zero-order valence-corrected chi connectivity index (χ0v) is 20.6. The summed E-state index contributed by atoms with van der Waals surface area (Å²) >= 11 is 0. The van der Waals surface area contributed by atoms with Gasteiger partial charge in [0.2, 0.25) is 5.91 Å². The molecule has 2 bridgehead atoms. The minimum atomic E-state index is -1.11. The number of aromatic nitrogens is 2. The highest BCUT2D eigenvalue weighted by atomic mass is 16.5. The second-order valence-electron chi connectivity index (χ2n) is 9.52. The summed E-state index contributed by atoms with van der Waals surface area (Å²) < 4.78 is 10.8. The van der Waals surface area contributed by atoms with Crippen molar-refractivity contribution in [1.82, 2.24) is 15.3 Å². The number of hydrogen-bond donors (Lipinski definition) is 2. The Morgan fingerprint density at radius 1 is 1.14 bits per heavy atom. The van der Waals surface area contributed by atoms with Crippen molar-refractivity contribution < 1.29 is 29.1 Å². The van der Waals surface area contributed by atoms with Crippen LogP contribution in [0.3, 0.4) is 0 Å². The maximum Gasteiger partial charge on any atom is 0.220 e. The van der Waals surface area contributed by atoms with Gasteiger partial charge in [0.25, 0.3) is 0 Å². The third kappa shape index (κ3) is 5.90. The van der Waals surface area contributed by atoms with E-state index in [9.17, 15) is 14.7 Å². The number of amides is 1. The summed E-state index contributed by atoms with van der Waals surface area (Å²) in [5, 5.41) is 13.5. The molecule has 188 valence electrons. The van der Waals surface area contributed by atoms with Gasteiger partial charge in [-0.25, -0.2) is 9.97 Å². The first-order chi connectivity index (χ1) is 16.9. The molecule has 1 amide bonds. The van der Waals surface area contributed by atoms with Gasteiger partial charge in [0.1, 0.15) is 11.9 Å². The number of ether oxygens (including phenoxy) is 2. The van der Waals surface area contributed by atoms with Crippen LogP contribution in [0.5, 0.6) is 11.5 Å². The van der Waals surface area contributed by atoms with Crippen LogP contribution in [0.2, 0.25) is 0 Å². The number of aryl methyl sites for hydroxylation is 1. The molecule has 0 saturated carbocycles. The Morgan fingerprint density at radius 3 is 2.63 bits per heavy atom. The van der Waals surface area contributed by atoms with E-state index in [1.54, 1.807) is 14.2 Å². The Labute approximate surface area is 205 Å². The highest BCUT2D eigenvalue weighted by Gasteiger charge is 2.44. The van der Waals surface area contributed by atoms with Crippen LogP contribution < -0.4 is 24.8 Å². The number of nitrogens with zero attached hydrogens (tertiary/aromatic N) is 2. The number of carboxylic acid groups (broad SMARTS) is 1. The number of carbonyl (C=O) groups excluding carboxylic acids is 2. The fraction of sp³-hybridized carbons (Fsp3) is 0.538. The average molecular weight is 483 g/mol. The summed E-state index contributed by atoms with van der Waals surface area (Å²) in [5.41, 5.74) is 2.91. The van der Waals surface area contributed by atoms with Gasteiger partial charge in [-0.2, -0.15) is 0 Å². The fourth-order valence-electron chi connectivity index (χ4n) is 5.52. The predicted octanol–water partition coefficient (Wildman–Crippen LogP) is 0.266. The molecule has 3 saturated heterocycles. The molecule has 5 rings (SSSR count). The Hall–Kier alpha value is -3.20. The molecule has 9 heteroatoms. The molecule has 3 aliphatic rings. The van der Waals surface area contributed by atoms with Crippen LogP contribution >= 0.6 is 0 Å². The molecule has 9 nitrogen and oxygen atoms in total. The number of carboxylic acids is 1. The Bertz CT molecular complexity index is 1080. The summed E-state index contributed by atoms with van der Waals surface area (Å²) in [5.74, 6) is 1.77. The van der Waals surface area contributed by atoms with Crippen LogP contribution in [0.15, 0.2) is 24.3 Å². The van der Waals surface area contributed by atoms with E-state index >= 15 is 0 Å². The largest absolute Gasteiger partial charge is 0.550 e. The van der Waals surface area contributed by atoms with Gasteiger partial charge in [0, 0.05) is 30.8 Å². The van der Waals surface area contributed by atoms with Crippen LogP contribution in [0.1, 0.15) is 49.5 Å². The summed E-state index contributed by atoms with van der Waals surface area (Å²) in [6, 6.07) is 8.30. The van der Waals surface area contributed by atoms with Crippen LogP contribution in [0, 0.1) is 12.8 Å². The van der Waals surface area contributed by atoms with Crippen molar-refractivity contribution in [2.75, 3.05) is 33.9 Å². The summed E-state index contributed by atoms with van der Waals surface area (Å²) in [6.45, 7) is 4.64. The first-order valence-corrected chi connectivity index (χ1v) is 12.3. The van der Waals surface area contributed by atoms with Crippen molar-refractivity contribution in [3.05, 3.63) is 35.8 Å². The van der Waals surface area contributed by atoms with Crippen LogP contribution in [0.25, 0.3) is 11.3 Å². The molecule has 2 aromatic rings. The van der Waals surface area contributed by atoms with E-state index in [0.717, 1.165) is 48.7 Å². The van der Waals surface area contributed by atoms with Crippen molar-refractivity contribution >= 4 is 11.9 Å². The number of hydrogen-bond acceptors (Lipinski definition) is 7. The second kappa shape index (κ2) is 11.0. The monoisotopic (exact) mass is 482 g/mol. The predicted molar refractivity (Wildman–Crippen MR) is 127 cm³/mol. The lowest BCUT2D eigenvalue weighted by molar-refractivity contribution is -0.942. The average Bonchev–Trinajstić information content (AvgIpc) is 2.86. The molecule has 4 heterocycles. The van der Waals surface area contributed by atoms with Gasteiger partial charge >= 0.3 is 0 Å². The first-order valence-electron chi connectivity index (χ1n) is 12.3. The molecule has 1 aromatic carbocycles. The number of benzene rings is 1. The molecule has 0 radical (unpaired) electrons. The van der Waals surface area contributed by atoms with Crippen molar-refractivity contribution in [2.24, 2.45) is 5.92 Å². The number of rotatable bonds is 10. The van der Waals surface area contributed by atoms with Crippen LogP contribution in [-0.2, 0) is 9.59 Å². The number of aliphatic carboxylic acids is 1. The molecule has 1 unspecified atom stereocenters. The van der Waals surface area contributed by atoms with Crippen molar-refractivity contribution in [2.45, 2.75) is 51.0 Å². The molecule has 0 aliphatic carbocycles. The van der Waals surface area contributed by atoms with Crippen LogP contribution in [-0.4, -0.2) is 61.7 Å². The van der Waals surface area contributed by atoms with Crippen molar-refractivity contribution in [3.8, 4) is 22.8 Å². The molecule has 4 atom stereocenters. The summed E-state index contributed by atoms with van der Waals surface area (Å²) in [6.07, 6.45) is 2.64. The summed E-state index contributed by atoms with van der Waals surface area (Å²) in [4.78, 5) is 33.6. The Kier molecular flexibility index (Phi) is 7.85. The number of methoxy groups -OCH3 is 2. The van der Waals surface area contributed by atoms with E-state index in [1.807, 2.05) is 25.1 Å². The lowest BCUT2D eigenvalue weighted by Gasteiger charge is -2.46. The van der Waals surface area contributed by atoms with E-state index in [2.05, 4.69) is 16.4 Å². The highest BCUT2D eigenvalue weighted by Crippen LogP contribution is 2.36. The lowest BCUT2D eigenvalue weighted by atomic mass is 9.74. The second-order valence-corrected chi connectivity index (χ2v) is 9.52. The molecule has 35 heavy (non-hydrogen) atoms. The maximum atomic E-state index is 12.1. The molecular formula is C26H34N4O5. The zero-order chi connectivity index (χ0) is 24.9. The zero-order valence-electron chi connectivity index (χ0n) is 20.6. The maximum absolute atomic E-state index is 12.1. The number of carbonyl (C=O) groups is 2. The highest BCUT2D eigenvalue weighted by molar-refractivity contribution is 5.76. The topological polar surface area (TPSA) is 118 Å². The number of fused-ring (bicyclic) bond motifs is 3. The normalized spacial score (nSPS) is 23.1. The Balaban J connectivity index is 1.43. The summed E-state index contributed by atoms with van der Waals surface area (Å²) in [7, 11) is 3.25. The molecule has 2 N–H and O–H groups in total. The minimum absolute atomic E-state index is 0.0817. The number of nitrogens with one attached hydrogen (secondary N) is 2. The molecule has 3 fully saturated rings. The van der Waals surface area contributed by atoms with E-state index in [1.165, 1.54) is 4.90 Å². The van der Waals surface area contributed by atoms with E-state index in [4.69, 9.17) is 14.5 Å². The number of piperidine rings is 3. The molecular weight excluding hydrogens is 448 g/mol.